The lowest BCUT2D eigenvalue weighted by molar-refractivity contribution is 0.0947. The normalized spacial score (nSPS) is 11.3. The van der Waals surface area contributed by atoms with Gasteiger partial charge in [-0.05, 0) is 69.2 Å². The Morgan fingerprint density at radius 1 is 1.00 bits per heavy atom. The van der Waals surface area contributed by atoms with Crippen molar-refractivity contribution in [2.75, 3.05) is 23.7 Å². The number of hydrogen-bond donors (Lipinski definition) is 1. The van der Waals surface area contributed by atoms with Crippen molar-refractivity contribution in [3.8, 4) is 11.5 Å². The molecule has 1 amide bonds. The molecule has 3 aromatic carbocycles. The molecule has 3 aromatic rings. The second kappa shape index (κ2) is 11.9. The van der Waals surface area contributed by atoms with Crippen LogP contribution < -0.4 is 19.1 Å². The first-order chi connectivity index (χ1) is 17.0. The third-order valence-electron chi connectivity index (χ3n) is 5.40. The van der Waals surface area contributed by atoms with E-state index in [4.69, 9.17) is 9.47 Å². The number of rotatable bonds is 11. The van der Waals surface area contributed by atoms with E-state index in [-0.39, 0.29) is 18.6 Å². The highest BCUT2D eigenvalue weighted by Crippen LogP contribution is 2.26. The number of hydrogen-bond acceptors (Lipinski definition) is 5. The number of carbonyl (C=O) groups excluding carboxylic acids is 1. The van der Waals surface area contributed by atoms with Gasteiger partial charge >= 0.3 is 0 Å². The van der Waals surface area contributed by atoms with Crippen LogP contribution in [0.15, 0.2) is 66.7 Å². The SMILES string of the molecule is Cc1ccc(OCCNC(=O)c2ccc(CN(c3cccc(OC(C)C)c3)S(C)(=O)=O)cc2)c(C)c1. The lowest BCUT2D eigenvalue weighted by Crippen LogP contribution is -2.29. The van der Waals surface area contributed by atoms with Crippen LogP contribution in [0, 0.1) is 13.8 Å². The van der Waals surface area contributed by atoms with Gasteiger partial charge in [-0.1, -0.05) is 35.9 Å². The van der Waals surface area contributed by atoms with Gasteiger partial charge in [-0.2, -0.15) is 0 Å². The minimum atomic E-state index is -3.55. The first kappa shape index (κ1) is 27.1. The molecule has 0 saturated carbocycles. The molecular formula is C28H34N2O5S. The average molecular weight is 511 g/mol. The zero-order valence-electron chi connectivity index (χ0n) is 21.4. The molecule has 0 spiro atoms. The Kier molecular flexibility index (Phi) is 8.98. The van der Waals surface area contributed by atoms with Crippen LogP contribution in [-0.4, -0.2) is 39.8 Å². The third kappa shape index (κ3) is 7.75. The predicted molar refractivity (Wildman–Crippen MR) is 143 cm³/mol. The van der Waals surface area contributed by atoms with Crippen LogP contribution in [0.3, 0.4) is 0 Å². The zero-order valence-corrected chi connectivity index (χ0v) is 22.3. The van der Waals surface area contributed by atoms with Crippen molar-refractivity contribution in [3.63, 3.8) is 0 Å². The molecule has 0 aliphatic carbocycles. The largest absolute Gasteiger partial charge is 0.491 e. The summed E-state index contributed by atoms with van der Waals surface area (Å²) in [5.41, 5.74) is 3.99. The van der Waals surface area contributed by atoms with Crippen LogP contribution >= 0.6 is 0 Å². The minimum absolute atomic E-state index is 0.0242. The van der Waals surface area contributed by atoms with Gasteiger partial charge in [-0.15, -0.1) is 0 Å². The number of benzene rings is 3. The Balaban J connectivity index is 1.60. The fraction of sp³-hybridized carbons (Fsp3) is 0.321. The zero-order chi connectivity index (χ0) is 26.3. The summed E-state index contributed by atoms with van der Waals surface area (Å²) in [4.78, 5) is 12.5. The predicted octanol–water partition coefficient (Wildman–Crippen LogP) is 4.87. The molecule has 36 heavy (non-hydrogen) atoms. The maximum Gasteiger partial charge on any atom is 0.251 e. The number of carbonyl (C=O) groups is 1. The van der Waals surface area contributed by atoms with Crippen LogP contribution in [0.1, 0.15) is 40.9 Å². The summed E-state index contributed by atoms with van der Waals surface area (Å²) in [7, 11) is -3.55. The van der Waals surface area contributed by atoms with Crippen LogP contribution in [0.4, 0.5) is 5.69 Å². The van der Waals surface area contributed by atoms with E-state index in [1.54, 1.807) is 48.5 Å². The lowest BCUT2D eigenvalue weighted by Gasteiger charge is -2.23. The summed E-state index contributed by atoms with van der Waals surface area (Å²) in [6.45, 7) is 8.70. The molecule has 0 atom stereocenters. The summed E-state index contributed by atoms with van der Waals surface area (Å²) < 4.78 is 37.9. The molecule has 0 bridgehead atoms. The highest BCUT2D eigenvalue weighted by molar-refractivity contribution is 7.92. The molecule has 0 aliphatic rings. The molecule has 0 unspecified atom stereocenters. The first-order valence-corrected chi connectivity index (χ1v) is 13.7. The molecule has 1 N–H and O–H groups in total. The summed E-state index contributed by atoms with van der Waals surface area (Å²) in [6.07, 6.45) is 1.15. The molecule has 0 heterocycles. The van der Waals surface area contributed by atoms with E-state index in [0.29, 0.717) is 30.2 Å². The van der Waals surface area contributed by atoms with Gasteiger partial charge < -0.3 is 14.8 Å². The highest BCUT2D eigenvalue weighted by Gasteiger charge is 2.19. The van der Waals surface area contributed by atoms with E-state index in [9.17, 15) is 13.2 Å². The summed E-state index contributed by atoms with van der Waals surface area (Å²) >= 11 is 0. The quantitative estimate of drug-likeness (QED) is 0.372. The number of sulfonamides is 1. The Labute approximate surface area is 214 Å². The Bertz CT molecular complexity index is 1290. The average Bonchev–Trinajstić information content (AvgIpc) is 2.80. The van der Waals surface area contributed by atoms with Gasteiger partial charge in [0, 0.05) is 11.6 Å². The van der Waals surface area contributed by atoms with Gasteiger partial charge in [0.25, 0.3) is 5.91 Å². The Morgan fingerprint density at radius 2 is 1.72 bits per heavy atom. The molecule has 192 valence electrons. The summed E-state index contributed by atoms with van der Waals surface area (Å²) in [5, 5.41) is 2.85. The number of nitrogens with one attached hydrogen (secondary N) is 1. The Hall–Kier alpha value is -3.52. The molecule has 7 nitrogen and oxygen atoms in total. The number of ether oxygens (including phenoxy) is 2. The maximum absolute atomic E-state index is 12.5. The second-order valence-corrected chi connectivity index (χ2v) is 10.9. The molecule has 3 rings (SSSR count). The van der Waals surface area contributed by atoms with Gasteiger partial charge in [0.15, 0.2) is 0 Å². The van der Waals surface area contributed by atoms with Crippen molar-refractivity contribution < 1.29 is 22.7 Å². The van der Waals surface area contributed by atoms with E-state index >= 15 is 0 Å². The topological polar surface area (TPSA) is 84.9 Å². The van der Waals surface area contributed by atoms with Crippen LogP contribution in [0.25, 0.3) is 0 Å². The van der Waals surface area contributed by atoms with Crippen LogP contribution in [0.2, 0.25) is 0 Å². The van der Waals surface area contributed by atoms with Crippen molar-refractivity contribution in [2.24, 2.45) is 0 Å². The van der Waals surface area contributed by atoms with E-state index in [1.807, 2.05) is 39.8 Å². The number of anilines is 1. The molecule has 0 radical (unpaired) electrons. The molecule has 8 heteroatoms. The van der Waals surface area contributed by atoms with E-state index in [0.717, 1.165) is 16.9 Å². The van der Waals surface area contributed by atoms with Crippen molar-refractivity contribution >= 4 is 21.6 Å². The number of amides is 1. The van der Waals surface area contributed by atoms with E-state index < -0.39 is 10.0 Å². The highest BCUT2D eigenvalue weighted by atomic mass is 32.2. The van der Waals surface area contributed by atoms with Crippen molar-refractivity contribution in [1.82, 2.24) is 5.32 Å². The summed E-state index contributed by atoms with van der Waals surface area (Å²) in [6, 6.07) is 19.9. The van der Waals surface area contributed by atoms with Crippen molar-refractivity contribution in [3.05, 3.63) is 89.0 Å². The van der Waals surface area contributed by atoms with Gasteiger partial charge in [-0.25, -0.2) is 8.42 Å². The van der Waals surface area contributed by atoms with Gasteiger partial charge in [0.2, 0.25) is 10.0 Å². The van der Waals surface area contributed by atoms with Gasteiger partial charge in [-0.3, -0.25) is 9.10 Å². The summed E-state index contributed by atoms with van der Waals surface area (Å²) in [5.74, 6) is 1.19. The second-order valence-electron chi connectivity index (χ2n) is 9.00. The third-order valence-corrected chi connectivity index (χ3v) is 6.54. The van der Waals surface area contributed by atoms with Gasteiger partial charge in [0.1, 0.15) is 18.1 Å². The van der Waals surface area contributed by atoms with Crippen molar-refractivity contribution in [2.45, 2.75) is 40.3 Å². The molecule has 0 fully saturated rings. The molecule has 0 saturated heterocycles. The monoisotopic (exact) mass is 510 g/mol. The maximum atomic E-state index is 12.5. The molecule has 0 aromatic heterocycles. The lowest BCUT2D eigenvalue weighted by atomic mass is 10.1. The fourth-order valence-corrected chi connectivity index (χ4v) is 4.58. The Morgan fingerprint density at radius 3 is 2.36 bits per heavy atom. The molecular weight excluding hydrogens is 476 g/mol. The number of nitrogens with zero attached hydrogens (tertiary/aromatic N) is 1. The smallest absolute Gasteiger partial charge is 0.251 e. The first-order valence-electron chi connectivity index (χ1n) is 11.8. The fourth-order valence-electron chi connectivity index (χ4n) is 3.70. The van der Waals surface area contributed by atoms with E-state index in [1.165, 1.54) is 16.1 Å². The van der Waals surface area contributed by atoms with E-state index in [2.05, 4.69) is 11.4 Å². The standard InChI is InChI=1S/C28H34N2O5S/c1-20(2)35-26-8-6-7-25(18-26)30(36(5,32)33)19-23-10-12-24(13-11-23)28(31)29-15-16-34-27-14-9-21(3)17-22(27)4/h6-14,17-18,20H,15-16,19H2,1-5H3,(H,29,31). The molecule has 0 aliphatic heterocycles. The van der Waals surface area contributed by atoms with Gasteiger partial charge in [0.05, 0.1) is 31.1 Å². The van der Waals surface area contributed by atoms with Crippen molar-refractivity contribution in [1.29, 1.82) is 0 Å². The minimum Gasteiger partial charge on any atom is -0.491 e. The van der Waals surface area contributed by atoms with Crippen LogP contribution in [-0.2, 0) is 16.6 Å². The van der Waals surface area contributed by atoms with Crippen LogP contribution in [0.5, 0.6) is 11.5 Å². The number of aryl methyl sites for hydroxylation is 2.